The van der Waals surface area contributed by atoms with Crippen LogP contribution >= 0.6 is 0 Å². The Kier molecular flexibility index (Phi) is 4.77. The second-order valence-electron chi connectivity index (χ2n) is 7.48. The molecular formula is C19H24N4O3S. The molecule has 8 heteroatoms. The summed E-state index contributed by atoms with van der Waals surface area (Å²) in [7, 11) is -3.62. The van der Waals surface area contributed by atoms with Crippen molar-refractivity contribution >= 4 is 15.9 Å². The first-order chi connectivity index (χ1) is 12.9. The van der Waals surface area contributed by atoms with Gasteiger partial charge in [-0.3, -0.25) is 9.48 Å². The summed E-state index contributed by atoms with van der Waals surface area (Å²) in [5.41, 5.74) is 1.81. The highest BCUT2D eigenvalue weighted by atomic mass is 32.2. The largest absolute Gasteiger partial charge is 0.356 e. The number of aryl methyl sites for hydroxylation is 1. The minimum absolute atomic E-state index is 0.0528. The molecule has 0 radical (unpaired) electrons. The van der Waals surface area contributed by atoms with E-state index in [0.29, 0.717) is 12.5 Å². The van der Waals surface area contributed by atoms with Crippen LogP contribution in [0.1, 0.15) is 36.6 Å². The summed E-state index contributed by atoms with van der Waals surface area (Å²) in [4.78, 5) is 12.6. The number of sulfonamides is 1. The highest BCUT2D eigenvalue weighted by Crippen LogP contribution is 2.29. The second-order valence-corrected chi connectivity index (χ2v) is 9.42. The fourth-order valence-electron chi connectivity index (χ4n) is 3.41. The maximum Gasteiger partial charge on any atom is 0.243 e. The van der Waals surface area contributed by atoms with Gasteiger partial charge in [0.2, 0.25) is 15.9 Å². The Hall–Kier alpha value is -2.19. The summed E-state index contributed by atoms with van der Waals surface area (Å²) in [6.07, 6.45) is 4.24. The van der Waals surface area contributed by atoms with Crippen LogP contribution in [0.15, 0.2) is 41.4 Å². The number of carbonyl (C=O) groups is 1. The van der Waals surface area contributed by atoms with Crippen LogP contribution in [0.5, 0.6) is 0 Å². The van der Waals surface area contributed by atoms with E-state index >= 15 is 0 Å². The van der Waals surface area contributed by atoms with E-state index in [-0.39, 0.29) is 36.4 Å². The minimum atomic E-state index is -3.62. The van der Waals surface area contributed by atoms with E-state index in [1.807, 2.05) is 13.0 Å². The van der Waals surface area contributed by atoms with Gasteiger partial charge in [-0.15, -0.1) is 0 Å². The fourth-order valence-corrected chi connectivity index (χ4v) is 4.86. The van der Waals surface area contributed by atoms with Crippen LogP contribution in [-0.2, 0) is 21.4 Å². The molecule has 1 N–H and O–H groups in total. The minimum Gasteiger partial charge on any atom is -0.356 e. The van der Waals surface area contributed by atoms with E-state index in [9.17, 15) is 13.2 Å². The van der Waals surface area contributed by atoms with Gasteiger partial charge in [-0.1, -0.05) is 17.7 Å². The topological polar surface area (TPSA) is 84.3 Å². The molecule has 144 valence electrons. The Morgan fingerprint density at radius 1 is 1.22 bits per heavy atom. The Labute approximate surface area is 159 Å². The molecule has 0 saturated heterocycles. The quantitative estimate of drug-likeness (QED) is 0.819. The van der Waals surface area contributed by atoms with E-state index in [4.69, 9.17) is 0 Å². The van der Waals surface area contributed by atoms with Crippen LogP contribution in [0, 0.1) is 12.8 Å². The van der Waals surface area contributed by atoms with Gasteiger partial charge in [0.1, 0.15) is 0 Å². The van der Waals surface area contributed by atoms with Crippen LogP contribution in [0.4, 0.5) is 0 Å². The van der Waals surface area contributed by atoms with E-state index in [2.05, 4.69) is 10.4 Å². The van der Waals surface area contributed by atoms with Crippen molar-refractivity contribution in [3.63, 3.8) is 0 Å². The van der Waals surface area contributed by atoms with Crippen LogP contribution in [0.3, 0.4) is 0 Å². The molecule has 1 aromatic carbocycles. The van der Waals surface area contributed by atoms with Crippen LogP contribution in [0.25, 0.3) is 0 Å². The number of hydrogen-bond donors (Lipinski definition) is 1. The first-order valence-electron chi connectivity index (χ1n) is 9.29. The molecule has 7 nitrogen and oxygen atoms in total. The maximum atomic E-state index is 13.1. The zero-order valence-electron chi connectivity index (χ0n) is 15.3. The Morgan fingerprint density at radius 2 is 1.96 bits per heavy atom. The molecule has 1 aliphatic carbocycles. The average molecular weight is 388 g/mol. The Morgan fingerprint density at radius 3 is 2.67 bits per heavy atom. The SMILES string of the molecule is Cc1ccc(S(=O)(=O)N2Cc3ccnn3[C@@H](CC(=O)NCC3CC3)C2)cc1. The van der Waals surface area contributed by atoms with Crippen molar-refractivity contribution in [1.82, 2.24) is 19.4 Å². The van der Waals surface area contributed by atoms with Crippen LogP contribution in [0.2, 0.25) is 0 Å². The van der Waals surface area contributed by atoms with Gasteiger partial charge in [0.05, 0.1) is 29.6 Å². The maximum absolute atomic E-state index is 13.1. The van der Waals surface area contributed by atoms with E-state index in [1.54, 1.807) is 35.1 Å². The van der Waals surface area contributed by atoms with E-state index < -0.39 is 10.0 Å². The number of nitrogens with one attached hydrogen (secondary N) is 1. The molecule has 1 aliphatic heterocycles. The second kappa shape index (κ2) is 7.09. The number of nitrogens with zero attached hydrogens (tertiary/aromatic N) is 3. The summed E-state index contributed by atoms with van der Waals surface area (Å²) >= 11 is 0. The lowest BCUT2D eigenvalue weighted by atomic mass is 10.1. The predicted molar refractivity (Wildman–Crippen MR) is 100 cm³/mol. The van der Waals surface area contributed by atoms with Crippen molar-refractivity contribution in [3.8, 4) is 0 Å². The van der Waals surface area contributed by atoms with Crippen molar-refractivity contribution < 1.29 is 13.2 Å². The first-order valence-corrected chi connectivity index (χ1v) is 10.7. The standard InChI is InChI=1S/C19H24N4O3S/c1-14-2-6-18(7-3-14)27(25,26)22-12-16-8-9-21-23(16)17(13-22)10-19(24)20-11-15-4-5-15/h2-3,6-9,15,17H,4-5,10-13H2,1H3,(H,20,24)/t17-/m0/s1. The molecule has 0 bridgehead atoms. The van der Waals surface area contributed by atoms with Crippen molar-refractivity contribution in [2.24, 2.45) is 5.92 Å². The van der Waals surface area contributed by atoms with Crippen molar-refractivity contribution in [3.05, 3.63) is 47.8 Å². The number of hydrogen-bond acceptors (Lipinski definition) is 4. The third-order valence-corrected chi connectivity index (χ3v) is 7.04. The summed E-state index contributed by atoms with van der Waals surface area (Å²) in [5.74, 6) is 0.557. The highest BCUT2D eigenvalue weighted by molar-refractivity contribution is 7.89. The third-order valence-electron chi connectivity index (χ3n) is 5.22. The zero-order chi connectivity index (χ0) is 19.0. The van der Waals surface area contributed by atoms with Gasteiger partial charge < -0.3 is 5.32 Å². The van der Waals surface area contributed by atoms with E-state index in [0.717, 1.165) is 11.3 Å². The fraction of sp³-hybridized carbons (Fsp3) is 0.474. The molecule has 1 fully saturated rings. The smallest absolute Gasteiger partial charge is 0.243 e. The monoisotopic (exact) mass is 388 g/mol. The number of rotatable bonds is 6. The molecule has 2 aliphatic rings. The lowest BCUT2D eigenvalue weighted by Gasteiger charge is -2.33. The summed E-state index contributed by atoms with van der Waals surface area (Å²) < 4.78 is 29.4. The lowest BCUT2D eigenvalue weighted by molar-refractivity contribution is -0.122. The number of benzene rings is 1. The molecule has 4 rings (SSSR count). The van der Waals surface area contributed by atoms with Gasteiger partial charge >= 0.3 is 0 Å². The molecule has 0 unspecified atom stereocenters. The molecule has 1 aromatic heterocycles. The van der Waals surface area contributed by atoms with Gasteiger partial charge in [0, 0.05) is 19.3 Å². The Bertz CT molecular complexity index is 932. The van der Waals surface area contributed by atoms with Crippen LogP contribution < -0.4 is 5.32 Å². The molecule has 0 spiro atoms. The molecule has 1 atom stereocenters. The summed E-state index contributed by atoms with van der Waals surface area (Å²) in [5, 5.41) is 7.27. The third kappa shape index (κ3) is 3.91. The molecule has 2 aromatic rings. The molecule has 27 heavy (non-hydrogen) atoms. The van der Waals surface area contributed by atoms with E-state index in [1.165, 1.54) is 17.1 Å². The van der Waals surface area contributed by atoms with Gasteiger partial charge in [0.25, 0.3) is 0 Å². The van der Waals surface area contributed by atoms with Crippen molar-refractivity contribution in [1.29, 1.82) is 0 Å². The number of fused-ring (bicyclic) bond motifs is 1. The molecule has 1 amide bonds. The number of amides is 1. The zero-order valence-corrected chi connectivity index (χ0v) is 16.2. The van der Waals surface area contributed by atoms with Crippen molar-refractivity contribution in [2.75, 3.05) is 13.1 Å². The Balaban J connectivity index is 1.53. The van der Waals surface area contributed by atoms with Crippen LogP contribution in [-0.4, -0.2) is 41.5 Å². The number of carbonyl (C=O) groups excluding carboxylic acids is 1. The first kappa shape index (κ1) is 18.2. The molecular weight excluding hydrogens is 364 g/mol. The predicted octanol–water partition coefficient (Wildman–Crippen LogP) is 1.85. The summed E-state index contributed by atoms with van der Waals surface area (Å²) in [6.45, 7) is 3.13. The summed E-state index contributed by atoms with van der Waals surface area (Å²) in [6, 6.07) is 8.37. The van der Waals surface area contributed by atoms with Gasteiger partial charge in [0.15, 0.2) is 0 Å². The normalized spacial score (nSPS) is 20.3. The highest BCUT2D eigenvalue weighted by Gasteiger charge is 2.34. The van der Waals surface area contributed by atoms with Gasteiger partial charge in [-0.25, -0.2) is 8.42 Å². The molecule has 1 saturated carbocycles. The van der Waals surface area contributed by atoms with Gasteiger partial charge in [-0.05, 0) is 43.9 Å². The van der Waals surface area contributed by atoms with Crippen molar-refractivity contribution in [2.45, 2.75) is 43.7 Å². The number of aromatic nitrogens is 2. The lowest BCUT2D eigenvalue weighted by Crippen LogP contribution is -2.43. The molecule has 2 heterocycles. The van der Waals surface area contributed by atoms with Gasteiger partial charge in [-0.2, -0.15) is 9.40 Å². The average Bonchev–Trinajstić information content (AvgIpc) is 3.35.